The number of carbonyl (C=O) groups is 1. The van der Waals surface area contributed by atoms with Gasteiger partial charge in [-0.15, -0.1) is 0 Å². The standard InChI is InChI=1S/C15H21N3O2/c19-15(20)14-6-5-13(11-16-14)18-9-7-17(8-10-18)12-3-1-2-4-12/h5-6,11-12H,1-4,7-10H2,(H,19,20). The van der Waals surface area contributed by atoms with Crippen molar-refractivity contribution in [2.75, 3.05) is 31.1 Å². The van der Waals surface area contributed by atoms with Crippen molar-refractivity contribution in [1.29, 1.82) is 0 Å². The SMILES string of the molecule is O=C(O)c1ccc(N2CCN(C3CCCC3)CC2)cn1. The van der Waals surface area contributed by atoms with Gasteiger partial charge in [-0.3, -0.25) is 4.90 Å². The molecule has 1 saturated carbocycles. The quantitative estimate of drug-likeness (QED) is 0.912. The van der Waals surface area contributed by atoms with Gasteiger partial charge in [-0.25, -0.2) is 9.78 Å². The van der Waals surface area contributed by atoms with Crippen molar-refractivity contribution >= 4 is 11.7 Å². The third-order valence-electron chi connectivity index (χ3n) is 4.49. The maximum absolute atomic E-state index is 10.8. The molecule has 1 N–H and O–H groups in total. The van der Waals surface area contributed by atoms with Crippen LogP contribution < -0.4 is 4.90 Å². The molecule has 1 aromatic heterocycles. The Balaban J connectivity index is 1.58. The Hall–Kier alpha value is -1.62. The summed E-state index contributed by atoms with van der Waals surface area (Å²) < 4.78 is 0. The van der Waals surface area contributed by atoms with E-state index in [4.69, 9.17) is 5.11 Å². The highest BCUT2D eigenvalue weighted by atomic mass is 16.4. The number of rotatable bonds is 3. The zero-order chi connectivity index (χ0) is 13.9. The van der Waals surface area contributed by atoms with Gasteiger partial charge in [0.1, 0.15) is 5.69 Å². The van der Waals surface area contributed by atoms with E-state index in [0.717, 1.165) is 37.9 Å². The van der Waals surface area contributed by atoms with E-state index in [1.54, 1.807) is 12.3 Å². The molecule has 5 heteroatoms. The normalized spacial score (nSPS) is 21.3. The molecular formula is C15H21N3O2. The number of nitrogens with zero attached hydrogens (tertiary/aromatic N) is 3. The maximum atomic E-state index is 10.8. The molecule has 0 aromatic carbocycles. The van der Waals surface area contributed by atoms with Crippen LogP contribution in [-0.2, 0) is 0 Å². The number of pyridine rings is 1. The van der Waals surface area contributed by atoms with Gasteiger partial charge in [-0.1, -0.05) is 12.8 Å². The van der Waals surface area contributed by atoms with Crippen LogP contribution in [0.25, 0.3) is 0 Å². The molecule has 1 aromatic rings. The number of piperazine rings is 1. The average molecular weight is 275 g/mol. The summed E-state index contributed by atoms with van der Waals surface area (Å²) >= 11 is 0. The molecule has 0 atom stereocenters. The largest absolute Gasteiger partial charge is 0.477 e. The van der Waals surface area contributed by atoms with Crippen molar-refractivity contribution in [3.63, 3.8) is 0 Å². The molecule has 0 amide bonds. The lowest BCUT2D eigenvalue weighted by Crippen LogP contribution is -2.49. The Labute approximate surface area is 119 Å². The van der Waals surface area contributed by atoms with E-state index in [1.165, 1.54) is 25.7 Å². The molecule has 0 spiro atoms. The fraction of sp³-hybridized carbons (Fsp3) is 0.600. The minimum absolute atomic E-state index is 0.110. The van der Waals surface area contributed by atoms with E-state index in [1.807, 2.05) is 6.07 Å². The minimum Gasteiger partial charge on any atom is -0.477 e. The van der Waals surface area contributed by atoms with Gasteiger partial charge in [0.25, 0.3) is 0 Å². The molecule has 20 heavy (non-hydrogen) atoms. The predicted octanol–water partition coefficient (Wildman–Crippen LogP) is 1.84. The lowest BCUT2D eigenvalue weighted by atomic mass is 10.1. The summed E-state index contributed by atoms with van der Waals surface area (Å²) in [6.45, 7) is 4.21. The second-order valence-electron chi connectivity index (χ2n) is 5.67. The summed E-state index contributed by atoms with van der Waals surface area (Å²) in [4.78, 5) is 19.7. The van der Waals surface area contributed by atoms with E-state index in [0.29, 0.717) is 0 Å². The van der Waals surface area contributed by atoms with Gasteiger partial charge >= 0.3 is 5.97 Å². The second kappa shape index (κ2) is 5.79. The first kappa shape index (κ1) is 13.4. The first-order chi connectivity index (χ1) is 9.74. The summed E-state index contributed by atoms with van der Waals surface area (Å²) in [5, 5.41) is 8.86. The molecule has 0 unspecified atom stereocenters. The number of aromatic nitrogens is 1. The summed E-state index contributed by atoms with van der Waals surface area (Å²) in [5.74, 6) is -0.970. The number of hydrogen-bond acceptors (Lipinski definition) is 4. The van der Waals surface area contributed by atoms with E-state index in [9.17, 15) is 4.79 Å². The summed E-state index contributed by atoms with van der Waals surface area (Å²) in [6.07, 6.45) is 7.15. The van der Waals surface area contributed by atoms with Crippen LogP contribution in [0.3, 0.4) is 0 Å². The van der Waals surface area contributed by atoms with Crippen LogP contribution in [0.4, 0.5) is 5.69 Å². The van der Waals surface area contributed by atoms with Gasteiger partial charge in [0.2, 0.25) is 0 Å². The van der Waals surface area contributed by atoms with E-state index in [2.05, 4.69) is 14.8 Å². The molecule has 3 rings (SSSR count). The molecule has 2 aliphatic rings. The third kappa shape index (κ3) is 2.77. The molecule has 1 saturated heterocycles. The highest BCUT2D eigenvalue weighted by molar-refractivity contribution is 5.85. The lowest BCUT2D eigenvalue weighted by Gasteiger charge is -2.39. The van der Waals surface area contributed by atoms with Crippen LogP contribution >= 0.6 is 0 Å². The fourth-order valence-corrected chi connectivity index (χ4v) is 3.31. The summed E-state index contributed by atoms with van der Waals surface area (Å²) in [7, 11) is 0. The summed E-state index contributed by atoms with van der Waals surface area (Å²) in [6, 6.07) is 4.24. The molecular weight excluding hydrogens is 254 g/mol. The first-order valence-electron chi connectivity index (χ1n) is 7.42. The summed E-state index contributed by atoms with van der Waals surface area (Å²) in [5.41, 5.74) is 1.14. The second-order valence-corrected chi connectivity index (χ2v) is 5.67. The monoisotopic (exact) mass is 275 g/mol. The Bertz CT molecular complexity index is 461. The molecule has 108 valence electrons. The van der Waals surface area contributed by atoms with Gasteiger partial charge < -0.3 is 10.0 Å². The molecule has 0 bridgehead atoms. The van der Waals surface area contributed by atoms with Crippen molar-refractivity contribution in [2.24, 2.45) is 0 Å². The highest BCUT2D eigenvalue weighted by Crippen LogP contribution is 2.25. The Morgan fingerprint density at radius 1 is 1.15 bits per heavy atom. The Morgan fingerprint density at radius 3 is 2.40 bits per heavy atom. The molecule has 2 fully saturated rings. The first-order valence-corrected chi connectivity index (χ1v) is 7.42. The van der Waals surface area contributed by atoms with Gasteiger partial charge in [-0.05, 0) is 25.0 Å². The van der Waals surface area contributed by atoms with Gasteiger partial charge in [0.15, 0.2) is 0 Å². The molecule has 5 nitrogen and oxygen atoms in total. The smallest absolute Gasteiger partial charge is 0.354 e. The highest BCUT2D eigenvalue weighted by Gasteiger charge is 2.26. The van der Waals surface area contributed by atoms with Crippen molar-refractivity contribution in [2.45, 2.75) is 31.7 Å². The zero-order valence-electron chi connectivity index (χ0n) is 11.7. The van der Waals surface area contributed by atoms with Crippen molar-refractivity contribution < 1.29 is 9.90 Å². The maximum Gasteiger partial charge on any atom is 0.354 e. The van der Waals surface area contributed by atoms with Crippen LogP contribution in [0, 0.1) is 0 Å². The zero-order valence-corrected chi connectivity index (χ0v) is 11.7. The lowest BCUT2D eigenvalue weighted by molar-refractivity contribution is 0.0690. The van der Waals surface area contributed by atoms with Gasteiger partial charge in [0.05, 0.1) is 11.9 Å². The number of carboxylic acid groups (broad SMARTS) is 1. The molecule has 1 aliphatic carbocycles. The molecule has 2 heterocycles. The van der Waals surface area contributed by atoms with Crippen LogP contribution in [0.1, 0.15) is 36.2 Å². The van der Waals surface area contributed by atoms with Crippen LogP contribution in [0.2, 0.25) is 0 Å². The third-order valence-corrected chi connectivity index (χ3v) is 4.49. The Morgan fingerprint density at radius 2 is 1.85 bits per heavy atom. The topological polar surface area (TPSA) is 56.7 Å². The number of anilines is 1. The van der Waals surface area contributed by atoms with Crippen molar-refractivity contribution in [3.8, 4) is 0 Å². The number of aromatic carboxylic acids is 1. The average Bonchev–Trinajstić information content (AvgIpc) is 3.02. The van der Waals surface area contributed by atoms with Gasteiger partial charge in [0, 0.05) is 32.2 Å². The van der Waals surface area contributed by atoms with Crippen LogP contribution in [0.5, 0.6) is 0 Å². The van der Waals surface area contributed by atoms with Crippen LogP contribution in [-0.4, -0.2) is 53.2 Å². The van der Waals surface area contributed by atoms with E-state index < -0.39 is 5.97 Å². The Kier molecular flexibility index (Phi) is 3.87. The molecule has 1 aliphatic heterocycles. The van der Waals surface area contributed by atoms with Crippen LogP contribution in [0.15, 0.2) is 18.3 Å². The van der Waals surface area contributed by atoms with E-state index in [-0.39, 0.29) is 5.69 Å². The van der Waals surface area contributed by atoms with Crippen molar-refractivity contribution in [3.05, 3.63) is 24.0 Å². The van der Waals surface area contributed by atoms with E-state index >= 15 is 0 Å². The van der Waals surface area contributed by atoms with Crippen molar-refractivity contribution in [1.82, 2.24) is 9.88 Å². The predicted molar refractivity (Wildman–Crippen MR) is 77.2 cm³/mol. The fourth-order valence-electron chi connectivity index (χ4n) is 3.31. The van der Waals surface area contributed by atoms with Gasteiger partial charge in [-0.2, -0.15) is 0 Å². The number of carboxylic acids is 1. The molecule has 0 radical (unpaired) electrons. The minimum atomic E-state index is -0.970. The number of hydrogen-bond donors (Lipinski definition) is 1.